The Hall–Kier alpha value is -1.74. The third-order valence-electron chi connectivity index (χ3n) is 12.1. The van der Waals surface area contributed by atoms with Gasteiger partial charge in [0.25, 0.3) is 0 Å². The number of phosphoric ester groups is 1. The van der Waals surface area contributed by atoms with Gasteiger partial charge in [0.2, 0.25) is 5.91 Å². The van der Waals surface area contributed by atoms with Gasteiger partial charge in [0.15, 0.2) is 0 Å². The summed E-state index contributed by atoms with van der Waals surface area (Å²) in [4.78, 5) is 23.5. The van der Waals surface area contributed by atoms with Crippen LogP contribution in [0.4, 0.5) is 0 Å². The van der Waals surface area contributed by atoms with Crippen LogP contribution in [0.2, 0.25) is 0 Å². The van der Waals surface area contributed by atoms with Crippen molar-refractivity contribution < 1.29 is 59.0 Å². The smallest absolute Gasteiger partial charge is 0.393 e. The maximum Gasteiger partial charge on any atom is 0.472 e. The molecule has 9 N–H and O–H groups in total. The highest BCUT2D eigenvalue weighted by molar-refractivity contribution is 7.47. The third-order valence-corrected chi connectivity index (χ3v) is 13.1. The monoisotopic (exact) mass is 944 g/mol. The molecule has 0 aromatic carbocycles. The van der Waals surface area contributed by atoms with E-state index in [9.17, 15) is 50.0 Å². The van der Waals surface area contributed by atoms with Crippen molar-refractivity contribution in [1.82, 2.24) is 5.32 Å². The second-order valence-electron chi connectivity index (χ2n) is 18.2. The number of carbonyl (C=O) groups excluding carboxylic acids is 1. The Morgan fingerprint density at radius 2 is 0.908 bits per heavy atom. The molecule has 0 saturated heterocycles. The molecule has 0 radical (unpaired) electrons. The lowest BCUT2D eigenvalue weighted by Crippen LogP contribution is -2.64. The van der Waals surface area contributed by atoms with Gasteiger partial charge in [-0.2, -0.15) is 0 Å². The summed E-state index contributed by atoms with van der Waals surface area (Å²) in [6.07, 6.45) is 34.9. The molecule has 0 aliphatic heterocycles. The van der Waals surface area contributed by atoms with Crippen LogP contribution in [0.15, 0.2) is 48.6 Å². The maximum absolute atomic E-state index is 13.0. The predicted molar refractivity (Wildman–Crippen MR) is 261 cm³/mol. The summed E-state index contributed by atoms with van der Waals surface area (Å²) in [5.74, 6) is -0.612. The Labute approximate surface area is 393 Å². The molecule has 0 heterocycles. The topological polar surface area (TPSA) is 226 Å². The number of hydrogen-bond acceptors (Lipinski definition) is 11. The number of nitrogens with one attached hydrogen (secondary N) is 1. The van der Waals surface area contributed by atoms with E-state index in [4.69, 9.17) is 9.05 Å². The molecule has 380 valence electrons. The molecule has 1 aliphatic rings. The maximum atomic E-state index is 13.0. The van der Waals surface area contributed by atoms with Crippen molar-refractivity contribution in [3.8, 4) is 0 Å². The van der Waals surface area contributed by atoms with Gasteiger partial charge in [-0.15, -0.1) is 0 Å². The van der Waals surface area contributed by atoms with E-state index < -0.39 is 75.2 Å². The summed E-state index contributed by atoms with van der Waals surface area (Å²) in [6.45, 7) is 3.71. The molecule has 1 fully saturated rings. The predicted octanol–water partition coefficient (Wildman–Crippen LogP) is 9.48. The lowest BCUT2D eigenvalue weighted by molar-refractivity contribution is -0.220. The van der Waals surface area contributed by atoms with Gasteiger partial charge in [-0.3, -0.25) is 13.8 Å². The molecule has 0 bridgehead atoms. The second-order valence-corrected chi connectivity index (χ2v) is 19.6. The van der Waals surface area contributed by atoms with Crippen molar-refractivity contribution in [3.63, 3.8) is 0 Å². The Morgan fingerprint density at radius 3 is 1.37 bits per heavy atom. The van der Waals surface area contributed by atoms with Crippen molar-refractivity contribution in [3.05, 3.63) is 48.6 Å². The molecule has 0 spiro atoms. The van der Waals surface area contributed by atoms with Crippen LogP contribution in [0.1, 0.15) is 206 Å². The van der Waals surface area contributed by atoms with E-state index in [1.165, 1.54) is 109 Å². The average Bonchev–Trinajstić information content (AvgIpc) is 3.28. The van der Waals surface area contributed by atoms with Crippen LogP contribution >= 0.6 is 7.82 Å². The van der Waals surface area contributed by atoms with Gasteiger partial charge in [0.05, 0.1) is 31.3 Å². The van der Waals surface area contributed by atoms with E-state index in [0.717, 1.165) is 64.2 Å². The van der Waals surface area contributed by atoms with Crippen molar-refractivity contribution in [2.24, 2.45) is 0 Å². The first kappa shape index (κ1) is 61.3. The van der Waals surface area contributed by atoms with E-state index >= 15 is 0 Å². The van der Waals surface area contributed by atoms with E-state index in [2.05, 4.69) is 55.6 Å². The van der Waals surface area contributed by atoms with Crippen LogP contribution in [0, 0.1) is 0 Å². The molecule has 1 aliphatic carbocycles. The van der Waals surface area contributed by atoms with Gasteiger partial charge in [-0.1, -0.05) is 178 Å². The average molecular weight is 944 g/mol. The number of rotatable bonds is 42. The first-order valence-electron chi connectivity index (χ1n) is 25.7. The van der Waals surface area contributed by atoms with Crippen molar-refractivity contribution in [2.75, 3.05) is 6.61 Å². The van der Waals surface area contributed by atoms with Crippen molar-refractivity contribution in [1.29, 1.82) is 0 Å². The zero-order chi connectivity index (χ0) is 48.0. The van der Waals surface area contributed by atoms with Crippen LogP contribution in [-0.4, -0.2) is 108 Å². The first-order valence-corrected chi connectivity index (χ1v) is 27.2. The fourth-order valence-corrected chi connectivity index (χ4v) is 8.88. The standard InChI is InChI=1S/C51H94NO12P/c1-3-5-7-9-11-13-15-17-19-20-21-22-23-24-25-26-28-30-32-34-36-38-42(53)40-45(55)52-43(41-63-65(61,62)64-51-49(59)47(57)46(56)48(58)50(51)60)44(54)39-37-35-33-31-29-27-18-16-14-12-10-8-6-4-2/h14,16,24-25,29,31,37,39,42-44,46-51,53-54,56-60H,3-13,15,17-23,26-28,30,32-36,38,40-41H2,1-2H3,(H,52,55)(H,61,62)/b16-14+,25-24-,31-29+,39-37+. The van der Waals surface area contributed by atoms with Gasteiger partial charge in [0.1, 0.15) is 36.6 Å². The minimum Gasteiger partial charge on any atom is -0.393 e. The molecule has 8 unspecified atom stereocenters. The van der Waals surface area contributed by atoms with E-state index in [-0.39, 0.29) is 6.42 Å². The third kappa shape index (κ3) is 31.8. The molecular weight excluding hydrogens is 850 g/mol. The highest BCUT2D eigenvalue weighted by atomic mass is 31.2. The Kier molecular flexibility index (Phi) is 37.9. The van der Waals surface area contributed by atoms with Gasteiger partial charge in [0, 0.05) is 0 Å². The summed E-state index contributed by atoms with van der Waals surface area (Å²) < 4.78 is 22.9. The summed E-state index contributed by atoms with van der Waals surface area (Å²) in [7, 11) is -5.16. The molecule has 13 nitrogen and oxygen atoms in total. The van der Waals surface area contributed by atoms with E-state index in [0.29, 0.717) is 19.3 Å². The van der Waals surface area contributed by atoms with Crippen molar-refractivity contribution in [2.45, 2.75) is 261 Å². The second kappa shape index (κ2) is 40.2. The van der Waals surface area contributed by atoms with Crippen LogP contribution in [0.25, 0.3) is 0 Å². The summed E-state index contributed by atoms with van der Waals surface area (Å²) in [5.41, 5.74) is 0. The van der Waals surface area contributed by atoms with Crippen LogP contribution in [0.5, 0.6) is 0 Å². The normalized spacial score (nSPS) is 22.9. The summed E-state index contributed by atoms with van der Waals surface area (Å²) in [5, 5.41) is 74.5. The van der Waals surface area contributed by atoms with Gasteiger partial charge in [-0.05, 0) is 70.6 Å². The number of amides is 1. The molecule has 1 rings (SSSR count). The quantitative estimate of drug-likeness (QED) is 0.0158. The number of aliphatic hydroxyl groups is 7. The lowest BCUT2D eigenvalue weighted by atomic mass is 9.85. The molecule has 1 amide bonds. The zero-order valence-electron chi connectivity index (χ0n) is 40.4. The number of allylic oxidation sites excluding steroid dienone is 7. The Balaban J connectivity index is 2.48. The fraction of sp³-hybridized carbons (Fsp3) is 0.824. The Morgan fingerprint density at radius 1 is 0.538 bits per heavy atom. The summed E-state index contributed by atoms with van der Waals surface area (Å²) >= 11 is 0. The molecule has 0 aromatic heterocycles. The molecule has 65 heavy (non-hydrogen) atoms. The SMILES string of the molecule is CCCCCC/C=C/CC/C=C/CC/C=C/C(O)C(COP(=O)(O)OC1C(O)C(O)C(O)C(O)C1O)NC(=O)CC(O)CCCCCCC/C=C\CCCCCCCCCCCCCC. The molecule has 14 heteroatoms. The van der Waals surface area contributed by atoms with Crippen LogP contribution < -0.4 is 5.32 Å². The Bertz CT molecular complexity index is 1300. The van der Waals surface area contributed by atoms with Gasteiger partial charge < -0.3 is 46.0 Å². The van der Waals surface area contributed by atoms with E-state index in [1.54, 1.807) is 6.08 Å². The number of carbonyl (C=O) groups is 1. The van der Waals surface area contributed by atoms with Crippen LogP contribution in [0.3, 0.4) is 0 Å². The highest BCUT2D eigenvalue weighted by Gasteiger charge is 2.51. The van der Waals surface area contributed by atoms with Crippen molar-refractivity contribution >= 4 is 13.7 Å². The number of hydrogen-bond donors (Lipinski definition) is 9. The minimum absolute atomic E-state index is 0.262. The lowest BCUT2D eigenvalue weighted by Gasteiger charge is -2.41. The summed E-state index contributed by atoms with van der Waals surface area (Å²) in [6, 6.07) is -1.27. The highest BCUT2D eigenvalue weighted by Crippen LogP contribution is 2.47. The van der Waals surface area contributed by atoms with E-state index in [1.807, 2.05) is 0 Å². The van der Waals surface area contributed by atoms with Gasteiger partial charge in [-0.25, -0.2) is 4.57 Å². The van der Waals surface area contributed by atoms with Gasteiger partial charge >= 0.3 is 7.82 Å². The first-order chi connectivity index (χ1) is 31.3. The number of phosphoric acid groups is 1. The number of aliphatic hydroxyl groups excluding tert-OH is 7. The molecular formula is C51H94NO12P. The molecule has 8 atom stereocenters. The fourth-order valence-electron chi connectivity index (χ4n) is 7.91. The molecule has 0 aromatic rings. The minimum atomic E-state index is -5.16. The van der Waals surface area contributed by atoms with Crippen LogP contribution in [-0.2, 0) is 18.4 Å². The molecule has 1 saturated carbocycles. The largest absolute Gasteiger partial charge is 0.472 e. The number of unbranched alkanes of at least 4 members (excludes halogenated alkanes) is 23. The zero-order valence-corrected chi connectivity index (χ0v) is 41.3.